The van der Waals surface area contributed by atoms with Crippen molar-refractivity contribution in [2.24, 2.45) is 0 Å². The molecule has 0 radical (unpaired) electrons. The summed E-state index contributed by atoms with van der Waals surface area (Å²) in [5.74, 6) is 0. The quantitative estimate of drug-likeness (QED) is 0.602. The van der Waals surface area contributed by atoms with Crippen molar-refractivity contribution in [2.45, 2.75) is 19.6 Å². The average Bonchev–Trinajstić information content (AvgIpc) is 2.39. The molecule has 0 N–H and O–H groups in total. The van der Waals surface area contributed by atoms with Crippen molar-refractivity contribution >= 4 is 17.3 Å². The minimum atomic E-state index is -0.0793. The van der Waals surface area contributed by atoms with Gasteiger partial charge in [-0.2, -0.15) is 0 Å². The summed E-state index contributed by atoms with van der Waals surface area (Å²) in [5, 5.41) is 0.572. The van der Waals surface area contributed by atoms with Crippen molar-refractivity contribution in [2.75, 3.05) is 19.8 Å². The zero-order valence-electron chi connectivity index (χ0n) is 6.54. The van der Waals surface area contributed by atoms with E-state index >= 15 is 0 Å². The third-order valence-electron chi connectivity index (χ3n) is 1.35. The van der Waals surface area contributed by atoms with Gasteiger partial charge in [-0.3, -0.25) is 0 Å². The fraction of sp³-hybridized carbons (Fsp3) is 0.857. The van der Waals surface area contributed by atoms with Crippen LogP contribution in [0.2, 0.25) is 0 Å². The first kappa shape index (κ1) is 8.90. The molecule has 0 aromatic heterocycles. The molecule has 1 aliphatic heterocycles. The topological polar surface area (TPSA) is 27.7 Å². The molecule has 1 heterocycles. The Bertz CT molecular complexity index is 132. The highest BCUT2D eigenvalue weighted by atomic mass is 32.1. The second kappa shape index (κ2) is 4.64. The SMILES string of the molecule is CC(=S)OCCC1OCCO1. The van der Waals surface area contributed by atoms with Crippen LogP contribution < -0.4 is 0 Å². The summed E-state index contributed by atoms with van der Waals surface area (Å²) in [6.07, 6.45) is 0.679. The van der Waals surface area contributed by atoms with Gasteiger partial charge in [-0.05, 0) is 12.2 Å². The molecular formula is C7H12O3S. The maximum Gasteiger partial charge on any atom is 0.161 e. The third-order valence-corrected chi connectivity index (χ3v) is 1.47. The van der Waals surface area contributed by atoms with Gasteiger partial charge in [0.1, 0.15) is 0 Å². The highest BCUT2D eigenvalue weighted by molar-refractivity contribution is 7.80. The van der Waals surface area contributed by atoms with E-state index < -0.39 is 0 Å². The van der Waals surface area contributed by atoms with Gasteiger partial charge in [-0.1, -0.05) is 0 Å². The van der Waals surface area contributed by atoms with Crippen molar-refractivity contribution in [1.29, 1.82) is 0 Å². The molecule has 0 amide bonds. The van der Waals surface area contributed by atoms with Gasteiger partial charge in [-0.15, -0.1) is 0 Å². The Labute approximate surface area is 71.6 Å². The number of hydrogen-bond donors (Lipinski definition) is 0. The van der Waals surface area contributed by atoms with E-state index in [0.29, 0.717) is 24.9 Å². The zero-order chi connectivity index (χ0) is 8.10. The van der Waals surface area contributed by atoms with Gasteiger partial charge in [0, 0.05) is 13.3 Å². The van der Waals surface area contributed by atoms with Crippen molar-refractivity contribution < 1.29 is 14.2 Å². The number of thiocarbonyl (C=S) groups is 1. The van der Waals surface area contributed by atoms with Crippen molar-refractivity contribution in [3.05, 3.63) is 0 Å². The largest absolute Gasteiger partial charge is 0.487 e. The molecule has 0 aromatic rings. The van der Waals surface area contributed by atoms with E-state index in [0.717, 1.165) is 6.42 Å². The highest BCUT2D eigenvalue weighted by Gasteiger charge is 2.15. The van der Waals surface area contributed by atoms with Crippen LogP contribution in [-0.2, 0) is 14.2 Å². The molecule has 0 saturated carbocycles. The monoisotopic (exact) mass is 176 g/mol. The molecule has 1 aliphatic rings. The van der Waals surface area contributed by atoms with Crippen LogP contribution in [0.15, 0.2) is 0 Å². The van der Waals surface area contributed by atoms with Crippen LogP contribution in [0.25, 0.3) is 0 Å². The number of rotatable bonds is 3. The lowest BCUT2D eigenvalue weighted by molar-refractivity contribution is -0.0537. The van der Waals surface area contributed by atoms with Crippen molar-refractivity contribution in [3.8, 4) is 0 Å². The van der Waals surface area contributed by atoms with Crippen LogP contribution in [0.1, 0.15) is 13.3 Å². The fourth-order valence-corrected chi connectivity index (χ4v) is 0.956. The van der Waals surface area contributed by atoms with Gasteiger partial charge in [0.15, 0.2) is 11.3 Å². The second-order valence-electron chi connectivity index (χ2n) is 2.30. The van der Waals surface area contributed by atoms with E-state index in [1.807, 2.05) is 0 Å². The summed E-state index contributed by atoms with van der Waals surface area (Å²) in [6, 6.07) is 0. The molecule has 1 fully saturated rings. The van der Waals surface area contributed by atoms with Crippen LogP contribution in [0.4, 0.5) is 0 Å². The third kappa shape index (κ3) is 3.65. The summed E-state index contributed by atoms with van der Waals surface area (Å²) in [7, 11) is 0. The molecule has 0 spiro atoms. The molecule has 0 aliphatic carbocycles. The Morgan fingerprint density at radius 1 is 1.55 bits per heavy atom. The van der Waals surface area contributed by atoms with Gasteiger partial charge < -0.3 is 14.2 Å². The summed E-state index contributed by atoms with van der Waals surface area (Å²) in [6.45, 7) is 3.73. The molecule has 3 nitrogen and oxygen atoms in total. The summed E-state index contributed by atoms with van der Waals surface area (Å²) in [4.78, 5) is 0. The molecular weight excluding hydrogens is 164 g/mol. The van der Waals surface area contributed by atoms with Crippen LogP contribution >= 0.6 is 12.2 Å². The maximum atomic E-state index is 5.19. The van der Waals surface area contributed by atoms with Crippen LogP contribution in [-0.4, -0.2) is 31.2 Å². The zero-order valence-corrected chi connectivity index (χ0v) is 7.36. The lowest BCUT2D eigenvalue weighted by atomic mass is 10.4. The maximum absolute atomic E-state index is 5.19. The molecule has 1 rings (SSSR count). The van der Waals surface area contributed by atoms with Gasteiger partial charge >= 0.3 is 0 Å². The molecule has 4 heteroatoms. The predicted molar refractivity (Wildman–Crippen MR) is 44.5 cm³/mol. The van der Waals surface area contributed by atoms with E-state index in [-0.39, 0.29) is 6.29 Å². The van der Waals surface area contributed by atoms with E-state index in [1.54, 1.807) is 6.92 Å². The van der Waals surface area contributed by atoms with Crippen LogP contribution in [0, 0.1) is 0 Å². The van der Waals surface area contributed by atoms with E-state index in [1.165, 1.54) is 0 Å². The number of hydrogen-bond acceptors (Lipinski definition) is 4. The standard InChI is InChI=1S/C7H12O3S/c1-6(11)8-3-2-7-9-4-5-10-7/h7H,2-5H2,1H3. The molecule has 64 valence electrons. The summed E-state index contributed by atoms with van der Waals surface area (Å²) < 4.78 is 15.5. The molecule has 1 saturated heterocycles. The Morgan fingerprint density at radius 2 is 2.18 bits per heavy atom. The molecule has 0 unspecified atom stereocenters. The Hall–Kier alpha value is -0.190. The van der Waals surface area contributed by atoms with Gasteiger partial charge in [0.25, 0.3) is 0 Å². The molecule has 0 bridgehead atoms. The highest BCUT2D eigenvalue weighted by Crippen LogP contribution is 2.07. The Kier molecular flexibility index (Phi) is 3.76. The predicted octanol–water partition coefficient (Wildman–Crippen LogP) is 1.11. The Morgan fingerprint density at radius 3 is 2.73 bits per heavy atom. The lowest BCUT2D eigenvalue weighted by Crippen LogP contribution is -2.12. The van der Waals surface area contributed by atoms with Crippen LogP contribution in [0.3, 0.4) is 0 Å². The second-order valence-corrected chi connectivity index (χ2v) is 2.87. The lowest BCUT2D eigenvalue weighted by Gasteiger charge is -2.08. The van der Waals surface area contributed by atoms with Crippen LogP contribution in [0.5, 0.6) is 0 Å². The van der Waals surface area contributed by atoms with E-state index in [4.69, 9.17) is 26.4 Å². The average molecular weight is 176 g/mol. The smallest absolute Gasteiger partial charge is 0.161 e. The van der Waals surface area contributed by atoms with Crippen molar-refractivity contribution in [1.82, 2.24) is 0 Å². The normalized spacial score (nSPS) is 18.6. The van der Waals surface area contributed by atoms with Gasteiger partial charge in [-0.25, -0.2) is 0 Å². The minimum absolute atomic E-state index is 0.0793. The van der Waals surface area contributed by atoms with E-state index in [2.05, 4.69) is 0 Å². The number of ether oxygens (including phenoxy) is 3. The van der Waals surface area contributed by atoms with E-state index in [9.17, 15) is 0 Å². The molecule has 0 atom stereocenters. The molecule has 11 heavy (non-hydrogen) atoms. The Balaban J connectivity index is 1.98. The van der Waals surface area contributed by atoms with Crippen molar-refractivity contribution in [3.63, 3.8) is 0 Å². The minimum Gasteiger partial charge on any atom is -0.487 e. The first-order valence-electron chi connectivity index (χ1n) is 3.65. The molecule has 0 aromatic carbocycles. The first-order valence-corrected chi connectivity index (χ1v) is 4.06. The van der Waals surface area contributed by atoms with Gasteiger partial charge in [0.2, 0.25) is 0 Å². The first-order chi connectivity index (χ1) is 5.29. The van der Waals surface area contributed by atoms with Gasteiger partial charge in [0.05, 0.1) is 19.8 Å². The summed E-state index contributed by atoms with van der Waals surface area (Å²) in [5.41, 5.74) is 0. The summed E-state index contributed by atoms with van der Waals surface area (Å²) >= 11 is 4.73. The fourth-order valence-electron chi connectivity index (χ4n) is 0.873.